The van der Waals surface area contributed by atoms with Crippen molar-refractivity contribution in [1.82, 2.24) is 9.55 Å². The second-order valence-corrected chi connectivity index (χ2v) is 15.2. The fourth-order valence-electron chi connectivity index (χ4n) is 6.12. The molecule has 5 rings (SSSR count). The number of anilines is 1. The number of rotatable bonds is 7. The Morgan fingerprint density at radius 3 is 2.17 bits per heavy atom. The lowest BCUT2D eigenvalue weighted by Gasteiger charge is -2.43. The maximum Gasteiger partial charge on any atom is 0.350 e. The molecule has 3 aromatic rings. The van der Waals surface area contributed by atoms with Gasteiger partial charge in [0, 0.05) is 12.8 Å². The van der Waals surface area contributed by atoms with Gasteiger partial charge in [0.25, 0.3) is 8.32 Å². The van der Waals surface area contributed by atoms with E-state index >= 15 is 0 Å². The number of nitrogen functional groups attached to an aromatic ring is 1. The Morgan fingerprint density at radius 2 is 1.58 bits per heavy atom. The summed E-state index contributed by atoms with van der Waals surface area (Å²) in [7, 11) is -2.56. The van der Waals surface area contributed by atoms with Crippen molar-refractivity contribution >= 4 is 24.5 Å². The van der Waals surface area contributed by atoms with Gasteiger partial charge in [-0.25, -0.2) is 4.79 Å². The molecule has 0 bridgehead atoms. The first-order chi connectivity index (χ1) is 17.3. The van der Waals surface area contributed by atoms with E-state index in [2.05, 4.69) is 98.6 Å². The molecule has 2 N–H and O–H groups in total. The monoisotopic (exact) mass is 497 g/mol. The van der Waals surface area contributed by atoms with Gasteiger partial charge in [-0.2, -0.15) is 4.98 Å². The van der Waals surface area contributed by atoms with Crippen molar-refractivity contribution in [3.63, 3.8) is 0 Å². The Hall–Kier alpha value is -3.22. The first-order valence-corrected chi connectivity index (χ1v) is 14.7. The van der Waals surface area contributed by atoms with E-state index in [1.807, 2.05) is 0 Å². The van der Waals surface area contributed by atoms with E-state index in [9.17, 15) is 4.79 Å². The number of nitrogens with two attached hydrogens (primary N) is 1. The highest BCUT2D eigenvalue weighted by molar-refractivity contribution is 6.99. The van der Waals surface area contributed by atoms with Gasteiger partial charge in [0.15, 0.2) is 0 Å². The molecule has 0 unspecified atom stereocenters. The molecular weight excluding hydrogens is 462 g/mol. The largest absolute Gasteiger partial charge is 0.407 e. The van der Waals surface area contributed by atoms with Crippen LogP contribution in [-0.2, 0) is 4.43 Å². The molecule has 0 radical (unpaired) electrons. The van der Waals surface area contributed by atoms with Gasteiger partial charge in [0.2, 0.25) is 0 Å². The SMILES string of the molecule is CC(C)(C)[Si](OCC[C@@H]1C[C@@H](n2ccc(N)nc2=O)C2=CCC=C21)(c1ccccc1)c1ccccc1. The van der Waals surface area contributed by atoms with Crippen molar-refractivity contribution in [3.05, 3.63) is 107 Å². The van der Waals surface area contributed by atoms with Crippen LogP contribution in [0.1, 0.15) is 46.1 Å². The molecule has 2 atom stereocenters. The van der Waals surface area contributed by atoms with Gasteiger partial charge in [0.1, 0.15) is 5.82 Å². The molecule has 1 saturated carbocycles. The maximum atomic E-state index is 12.6. The molecule has 0 saturated heterocycles. The summed E-state index contributed by atoms with van der Waals surface area (Å²) < 4.78 is 8.89. The van der Waals surface area contributed by atoms with Crippen molar-refractivity contribution < 1.29 is 4.43 Å². The summed E-state index contributed by atoms with van der Waals surface area (Å²) in [5.74, 6) is 0.618. The minimum atomic E-state index is -2.56. The summed E-state index contributed by atoms with van der Waals surface area (Å²) in [5, 5.41) is 2.55. The van der Waals surface area contributed by atoms with E-state index in [0.717, 1.165) is 19.3 Å². The predicted molar refractivity (Wildman–Crippen MR) is 149 cm³/mol. The Labute approximate surface area is 214 Å². The zero-order valence-corrected chi connectivity index (χ0v) is 22.4. The van der Waals surface area contributed by atoms with Gasteiger partial charge in [-0.3, -0.25) is 4.57 Å². The molecule has 2 aliphatic carbocycles. The van der Waals surface area contributed by atoms with Gasteiger partial charge in [-0.1, -0.05) is 93.6 Å². The first-order valence-electron chi connectivity index (χ1n) is 12.8. The number of hydrogen-bond donors (Lipinski definition) is 1. The molecule has 5 nitrogen and oxygen atoms in total. The maximum absolute atomic E-state index is 12.6. The van der Waals surface area contributed by atoms with E-state index in [-0.39, 0.29) is 22.6 Å². The molecule has 2 aromatic carbocycles. The quantitative estimate of drug-likeness (QED) is 0.484. The Balaban J connectivity index is 1.42. The highest BCUT2D eigenvalue weighted by atomic mass is 28.4. The molecule has 0 spiro atoms. The van der Waals surface area contributed by atoms with Crippen molar-refractivity contribution in [2.24, 2.45) is 5.92 Å². The Bertz CT molecular complexity index is 1300. The van der Waals surface area contributed by atoms with E-state index in [1.165, 1.54) is 21.5 Å². The third kappa shape index (κ3) is 4.29. The fraction of sp³-hybridized carbons (Fsp3) is 0.333. The molecule has 6 heteroatoms. The highest BCUT2D eigenvalue weighted by Crippen LogP contribution is 2.48. The van der Waals surface area contributed by atoms with Crippen LogP contribution in [0.4, 0.5) is 5.82 Å². The summed E-state index contributed by atoms with van der Waals surface area (Å²) in [6.07, 6.45) is 9.08. The smallest absolute Gasteiger partial charge is 0.350 e. The van der Waals surface area contributed by atoms with Gasteiger partial charge < -0.3 is 10.2 Å². The summed E-state index contributed by atoms with van der Waals surface area (Å²) in [5.41, 5.74) is 8.09. The molecule has 186 valence electrons. The van der Waals surface area contributed by atoms with Crippen LogP contribution in [0, 0.1) is 5.92 Å². The number of fused-ring (bicyclic) bond motifs is 1. The molecule has 1 aromatic heterocycles. The Kier molecular flexibility index (Phi) is 6.58. The number of benzene rings is 2. The number of allylic oxidation sites excluding steroid dienone is 4. The summed E-state index contributed by atoms with van der Waals surface area (Å²) in [4.78, 5) is 16.6. The molecular formula is C30H35N3O2Si. The Morgan fingerprint density at radius 1 is 0.972 bits per heavy atom. The second-order valence-electron chi connectivity index (χ2n) is 10.8. The predicted octanol–water partition coefficient (Wildman–Crippen LogP) is 4.61. The molecule has 0 amide bonds. The van der Waals surface area contributed by atoms with Gasteiger partial charge in [-0.05, 0) is 57.8 Å². The lowest BCUT2D eigenvalue weighted by molar-refractivity contribution is 0.270. The van der Waals surface area contributed by atoms with Crippen LogP contribution in [0.3, 0.4) is 0 Å². The molecule has 1 fully saturated rings. The van der Waals surface area contributed by atoms with Crippen LogP contribution >= 0.6 is 0 Å². The summed E-state index contributed by atoms with van der Waals surface area (Å²) in [6.45, 7) is 7.60. The molecule has 2 aliphatic rings. The van der Waals surface area contributed by atoms with Crippen molar-refractivity contribution in [2.75, 3.05) is 12.3 Å². The molecule has 0 aliphatic heterocycles. The number of aromatic nitrogens is 2. The molecule has 36 heavy (non-hydrogen) atoms. The third-order valence-electron chi connectivity index (χ3n) is 7.70. The van der Waals surface area contributed by atoms with Crippen LogP contribution in [0.5, 0.6) is 0 Å². The average Bonchev–Trinajstić information content (AvgIpc) is 3.46. The first kappa shape index (κ1) is 24.5. The minimum Gasteiger partial charge on any atom is -0.407 e. The third-order valence-corrected chi connectivity index (χ3v) is 12.7. The minimum absolute atomic E-state index is 0.0113. The van der Waals surface area contributed by atoms with Crippen LogP contribution in [0.25, 0.3) is 0 Å². The van der Waals surface area contributed by atoms with E-state index in [0.29, 0.717) is 12.5 Å². The summed E-state index contributed by atoms with van der Waals surface area (Å²) >= 11 is 0. The van der Waals surface area contributed by atoms with E-state index in [1.54, 1.807) is 16.8 Å². The fourth-order valence-corrected chi connectivity index (χ4v) is 10.7. The van der Waals surface area contributed by atoms with Gasteiger partial charge in [-0.15, -0.1) is 0 Å². The lowest BCUT2D eigenvalue weighted by Crippen LogP contribution is -2.66. The number of hydrogen-bond acceptors (Lipinski definition) is 4. The summed E-state index contributed by atoms with van der Waals surface area (Å²) in [6, 6.07) is 23.3. The standard InChI is InChI=1S/C30H35N3O2Si/c1-30(2,3)36(23-11-6-4-7-12-23,24-13-8-5-9-14-24)35-20-18-22-21-27(26-16-10-15-25(22)26)33-19-17-28(31)32-29(33)34/h4-9,11-17,19,22,27H,10,18,20-21H2,1-3H3,(H2,31,32,34)/t22-,27-/m1/s1. The second kappa shape index (κ2) is 9.68. The zero-order chi connectivity index (χ0) is 25.3. The van der Waals surface area contributed by atoms with Gasteiger partial charge >= 0.3 is 5.69 Å². The van der Waals surface area contributed by atoms with Crippen LogP contribution in [0.2, 0.25) is 5.04 Å². The molecule has 1 heterocycles. The topological polar surface area (TPSA) is 70.1 Å². The van der Waals surface area contributed by atoms with Crippen LogP contribution in [0.15, 0.2) is 101 Å². The van der Waals surface area contributed by atoms with Gasteiger partial charge in [0.05, 0.1) is 6.04 Å². The van der Waals surface area contributed by atoms with E-state index in [4.69, 9.17) is 10.2 Å². The van der Waals surface area contributed by atoms with Crippen LogP contribution < -0.4 is 21.8 Å². The highest BCUT2D eigenvalue weighted by Gasteiger charge is 2.50. The van der Waals surface area contributed by atoms with E-state index < -0.39 is 8.32 Å². The normalized spacial score (nSPS) is 19.6. The average molecular weight is 498 g/mol. The number of nitrogens with zero attached hydrogens (tertiary/aromatic N) is 2. The van der Waals surface area contributed by atoms with Crippen molar-refractivity contribution in [2.45, 2.75) is 51.1 Å². The zero-order valence-electron chi connectivity index (χ0n) is 21.4. The lowest BCUT2D eigenvalue weighted by atomic mass is 9.99. The van der Waals surface area contributed by atoms with Crippen LogP contribution in [-0.4, -0.2) is 24.5 Å². The van der Waals surface area contributed by atoms with Crippen molar-refractivity contribution in [1.29, 1.82) is 0 Å². The van der Waals surface area contributed by atoms with Crippen molar-refractivity contribution in [3.8, 4) is 0 Å².